The number of fused-ring (bicyclic) bond motifs is 1. The molecule has 0 aromatic heterocycles. The molecule has 126 valence electrons. The highest BCUT2D eigenvalue weighted by atomic mass is 19.1. The highest BCUT2D eigenvalue weighted by Crippen LogP contribution is 2.32. The van der Waals surface area contributed by atoms with Gasteiger partial charge in [-0.3, -0.25) is 4.79 Å². The number of carbonyl (C=O) groups excluding carboxylic acids is 1. The third kappa shape index (κ3) is 4.20. The largest absolute Gasteiger partial charge is 0.373 e. The number of hydrogen-bond donors (Lipinski definition) is 1. The average Bonchev–Trinajstić information content (AvgIpc) is 2.61. The summed E-state index contributed by atoms with van der Waals surface area (Å²) in [6, 6.07) is 14.1. The summed E-state index contributed by atoms with van der Waals surface area (Å²) in [7, 11) is 0. The van der Waals surface area contributed by atoms with Crippen molar-refractivity contribution in [2.75, 3.05) is 13.2 Å². The molecule has 0 fully saturated rings. The van der Waals surface area contributed by atoms with Gasteiger partial charge in [0.1, 0.15) is 5.82 Å². The van der Waals surface area contributed by atoms with Crippen molar-refractivity contribution in [2.24, 2.45) is 0 Å². The lowest BCUT2D eigenvalue weighted by Gasteiger charge is -2.25. The van der Waals surface area contributed by atoms with Gasteiger partial charge in [0, 0.05) is 18.7 Å². The third-order valence-electron chi connectivity index (χ3n) is 4.33. The van der Waals surface area contributed by atoms with Crippen LogP contribution in [0.15, 0.2) is 48.5 Å². The first-order valence-electron chi connectivity index (χ1n) is 8.47. The molecule has 2 aromatic carbocycles. The molecule has 0 bridgehead atoms. The number of carbonyl (C=O) groups is 1. The second-order valence-corrected chi connectivity index (χ2v) is 6.07. The van der Waals surface area contributed by atoms with E-state index >= 15 is 0 Å². The number of ether oxygens (including phenoxy) is 1. The van der Waals surface area contributed by atoms with Gasteiger partial charge in [-0.1, -0.05) is 30.3 Å². The maximum Gasteiger partial charge on any atom is 0.251 e. The van der Waals surface area contributed by atoms with E-state index in [4.69, 9.17) is 4.74 Å². The van der Waals surface area contributed by atoms with Crippen LogP contribution in [0, 0.1) is 5.82 Å². The van der Waals surface area contributed by atoms with E-state index in [0.29, 0.717) is 18.7 Å². The lowest BCUT2D eigenvalue weighted by Crippen LogP contribution is -2.25. The van der Waals surface area contributed by atoms with Gasteiger partial charge in [-0.2, -0.15) is 0 Å². The van der Waals surface area contributed by atoms with Gasteiger partial charge in [0.15, 0.2) is 0 Å². The lowest BCUT2D eigenvalue weighted by molar-refractivity contribution is 0.0393. The topological polar surface area (TPSA) is 38.3 Å². The number of hydrogen-bond acceptors (Lipinski definition) is 2. The monoisotopic (exact) mass is 327 g/mol. The van der Waals surface area contributed by atoms with Crippen molar-refractivity contribution in [1.82, 2.24) is 5.32 Å². The molecule has 1 aliphatic carbocycles. The summed E-state index contributed by atoms with van der Waals surface area (Å²) in [4.78, 5) is 11.9. The standard InChI is InChI=1S/C20H22FNO2/c21-17-9-3-8-16(14-17)20(23)22-12-5-13-24-19-11-4-7-15-6-1-2-10-18(15)19/h1-3,6,8-10,14,19H,4-5,7,11-13H2,(H,22,23). The van der Waals surface area contributed by atoms with Crippen molar-refractivity contribution in [1.29, 1.82) is 0 Å². The fourth-order valence-corrected chi connectivity index (χ4v) is 3.11. The van der Waals surface area contributed by atoms with E-state index in [1.54, 1.807) is 6.07 Å². The predicted octanol–water partition coefficient (Wildman–Crippen LogP) is 4.04. The van der Waals surface area contributed by atoms with Crippen LogP contribution in [-0.2, 0) is 11.2 Å². The van der Waals surface area contributed by atoms with Gasteiger partial charge in [-0.15, -0.1) is 0 Å². The summed E-state index contributed by atoms with van der Waals surface area (Å²) in [6.45, 7) is 1.12. The van der Waals surface area contributed by atoms with Crippen LogP contribution >= 0.6 is 0 Å². The molecule has 4 heteroatoms. The van der Waals surface area contributed by atoms with E-state index in [2.05, 4.69) is 29.6 Å². The van der Waals surface area contributed by atoms with Crippen LogP contribution in [0.3, 0.4) is 0 Å². The van der Waals surface area contributed by atoms with Crippen LogP contribution in [0.2, 0.25) is 0 Å². The van der Waals surface area contributed by atoms with E-state index in [1.165, 1.54) is 29.3 Å². The average molecular weight is 327 g/mol. The molecular weight excluding hydrogens is 305 g/mol. The fourth-order valence-electron chi connectivity index (χ4n) is 3.11. The zero-order valence-electron chi connectivity index (χ0n) is 13.6. The Labute approximate surface area is 141 Å². The Balaban J connectivity index is 1.41. The minimum atomic E-state index is -0.401. The lowest BCUT2D eigenvalue weighted by atomic mass is 9.89. The molecule has 1 N–H and O–H groups in total. The molecule has 3 rings (SSSR count). The molecule has 1 unspecified atom stereocenters. The molecule has 0 spiro atoms. The van der Waals surface area contributed by atoms with E-state index in [-0.39, 0.29) is 12.0 Å². The second kappa shape index (κ2) is 8.06. The second-order valence-electron chi connectivity index (χ2n) is 6.07. The number of halogens is 1. The van der Waals surface area contributed by atoms with Gasteiger partial charge in [-0.25, -0.2) is 4.39 Å². The first-order valence-corrected chi connectivity index (χ1v) is 8.47. The van der Waals surface area contributed by atoms with E-state index in [9.17, 15) is 9.18 Å². The zero-order chi connectivity index (χ0) is 16.8. The number of rotatable bonds is 6. The maximum absolute atomic E-state index is 13.1. The van der Waals surface area contributed by atoms with Gasteiger partial charge in [0.2, 0.25) is 0 Å². The zero-order valence-corrected chi connectivity index (χ0v) is 13.6. The van der Waals surface area contributed by atoms with Crippen LogP contribution in [-0.4, -0.2) is 19.1 Å². The van der Waals surface area contributed by atoms with Crippen molar-refractivity contribution >= 4 is 5.91 Å². The van der Waals surface area contributed by atoms with Crippen molar-refractivity contribution in [2.45, 2.75) is 31.8 Å². The molecular formula is C20H22FNO2. The minimum Gasteiger partial charge on any atom is -0.373 e. The van der Waals surface area contributed by atoms with Crippen LogP contribution in [0.4, 0.5) is 4.39 Å². The van der Waals surface area contributed by atoms with Gasteiger partial charge in [0.05, 0.1) is 6.10 Å². The van der Waals surface area contributed by atoms with Crippen LogP contribution in [0.1, 0.15) is 46.9 Å². The Bertz CT molecular complexity index is 702. The van der Waals surface area contributed by atoms with Gasteiger partial charge in [-0.05, 0) is 55.0 Å². The van der Waals surface area contributed by atoms with Crippen molar-refractivity contribution in [3.8, 4) is 0 Å². The predicted molar refractivity (Wildman–Crippen MR) is 91.4 cm³/mol. The van der Waals surface area contributed by atoms with E-state index < -0.39 is 5.82 Å². The molecule has 1 atom stereocenters. The number of nitrogens with one attached hydrogen (secondary N) is 1. The van der Waals surface area contributed by atoms with Crippen molar-refractivity contribution < 1.29 is 13.9 Å². The minimum absolute atomic E-state index is 0.161. The molecule has 0 aliphatic heterocycles. The molecule has 3 nitrogen and oxygen atoms in total. The molecule has 0 saturated carbocycles. The van der Waals surface area contributed by atoms with Crippen LogP contribution in [0.25, 0.3) is 0 Å². The molecule has 1 amide bonds. The summed E-state index contributed by atoms with van der Waals surface area (Å²) >= 11 is 0. The fraction of sp³-hybridized carbons (Fsp3) is 0.350. The number of amides is 1. The summed E-state index contributed by atoms with van der Waals surface area (Å²) in [5, 5.41) is 2.80. The number of aryl methyl sites for hydroxylation is 1. The Morgan fingerprint density at radius 2 is 2.08 bits per heavy atom. The SMILES string of the molecule is O=C(NCCCOC1CCCc2ccccc21)c1cccc(F)c1. The third-order valence-corrected chi connectivity index (χ3v) is 4.33. The van der Waals surface area contributed by atoms with Crippen molar-refractivity contribution in [3.63, 3.8) is 0 Å². The Hall–Kier alpha value is -2.20. The molecule has 0 saturated heterocycles. The molecule has 2 aromatic rings. The number of benzene rings is 2. The van der Waals surface area contributed by atoms with Gasteiger partial charge in [0.25, 0.3) is 5.91 Å². The summed E-state index contributed by atoms with van der Waals surface area (Å²) in [5.74, 6) is -0.653. The summed E-state index contributed by atoms with van der Waals surface area (Å²) < 4.78 is 19.1. The molecule has 0 radical (unpaired) electrons. The molecule has 0 heterocycles. The Morgan fingerprint density at radius 3 is 2.96 bits per heavy atom. The first-order chi connectivity index (χ1) is 11.7. The maximum atomic E-state index is 13.1. The summed E-state index contributed by atoms with van der Waals surface area (Å²) in [6.07, 6.45) is 4.22. The van der Waals surface area contributed by atoms with Crippen molar-refractivity contribution in [3.05, 3.63) is 71.0 Å². The quantitative estimate of drug-likeness (QED) is 0.813. The van der Waals surface area contributed by atoms with Gasteiger partial charge >= 0.3 is 0 Å². The highest BCUT2D eigenvalue weighted by Gasteiger charge is 2.19. The molecule has 24 heavy (non-hydrogen) atoms. The first kappa shape index (κ1) is 16.7. The van der Waals surface area contributed by atoms with Crippen LogP contribution in [0.5, 0.6) is 0 Å². The van der Waals surface area contributed by atoms with Gasteiger partial charge < -0.3 is 10.1 Å². The Morgan fingerprint density at radius 1 is 1.21 bits per heavy atom. The Kier molecular flexibility index (Phi) is 5.59. The highest BCUT2D eigenvalue weighted by molar-refractivity contribution is 5.94. The van der Waals surface area contributed by atoms with E-state index in [0.717, 1.165) is 25.7 Å². The normalized spacial score (nSPS) is 16.5. The smallest absolute Gasteiger partial charge is 0.251 e. The molecule has 1 aliphatic rings. The summed E-state index contributed by atoms with van der Waals surface area (Å²) in [5.41, 5.74) is 3.03. The van der Waals surface area contributed by atoms with E-state index in [1.807, 2.05) is 0 Å². The van der Waals surface area contributed by atoms with Crippen LogP contribution < -0.4 is 5.32 Å².